The van der Waals surface area contributed by atoms with Crippen molar-refractivity contribution in [1.82, 2.24) is 0 Å². The Morgan fingerprint density at radius 2 is 1.27 bits per heavy atom. The second kappa shape index (κ2) is 7.23. The van der Waals surface area contributed by atoms with E-state index in [1.165, 1.54) is 66.4 Å². The molecule has 8 rings (SSSR count). The van der Waals surface area contributed by atoms with Gasteiger partial charge in [-0.2, -0.15) is 0 Å². The van der Waals surface area contributed by atoms with Gasteiger partial charge in [-0.25, -0.2) is 0 Å². The minimum Gasteiger partial charge on any atom is -0.484 e. The number of hydrogen-bond donors (Lipinski definition) is 0. The molecule has 0 saturated heterocycles. The van der Waals surface area contributed by atoms with Crippen LogP contribution in [0.4, 0.5) is 0 Å². The maximum atomic E-state index is 6.78. The summed E-state index contributed by atoms with van der Waals surface area (Å²) in [4.78, 5) is 0. The van der Waals surface area contributed by atoms with E-state index >= 15 is 0 Å². The highest BCUT2D eigenvalue weighted by Crippen LogP contribution is 2.55. The van der Waals surface area contributed by atoms with Crippen molar-refractivity contribution >= 4 is 16.3 Å². The summed E-state index contributed by atoms with van der Waals surface area (Å²) in [5.74, 6) is 1.25. The van der Waals surface area contributed by atoms with E-state index in [0.29, 0.717) is 0 Å². The van der Waals surface area contributed by atoms with E-state index in [2.05, 4.69) is 124 Å². The van der Waals surface area contributed by atoms with Crippen LogP contribution >= 0.6 is 0 Å². The summed E-state index contributed by atoms with van der Waals surface area (Å²) < 4.78 is 6.78. The Labute approximate surface area is 218 Å². The molecule has 1 nitrogen and oxygen atoms in total. The molecule has 3 aliphatic rings. The summed E-state index contributed by atoms with van der Waals surface area (Å²) in [5, 5.41) is 2.47. The Morgan fingerprint density at radius 1 is 0.622 bits per heavy atom. The van der Waals surface area contributed by atoms with Crippen molar-refractivity contribution in [2.75, 3.05) is 0 Å². The molecule has 0 aromatic heterocycles. The molecule has 2 atom stereocenters. The van der Waals surface area contributed by atoms with E-state index in [0.717, 1.165) is 5.75 Å². The van der Waals surface area contributed by atoms with E-state index in [1.807, 2.05) is 0 Å². The van der Waals surface area contributed by atoms with Gasteiger partial charge in [0.1, 0.15) is 11.9 Å². The van der Waals surface area contributed by atoms with Crippen LogP contribution in [0.15, 0.2) is 103 Å². The minimum absolute atomic E-state index is 0.00939. The van der Waals surface area contributed by atoms with Gasteiger partial charge in [-0.3, -0.25) is 0 Å². The first kappa shape index (κ1) is 21.0. The van der Waals surface area contributed by atoms with Crippen molar-refractivity contribution in [2.24, 2.45) is 5.92 Å². The van der Waals surface area contributed by atoms with Crippen molar-refractivity contribution < 1.29 is 4.74 Å². The maximum Gasteiger partial charge on any atom is 0.131 e. The molecule has 2 aliphatic carbocycles. The summed E-state index contributed by atoms with van der Waals surface area (Å²) in [5.41, 5.74) is 13.4. The first-order chi connectivity index (χ1) is 18.0. The molecular weight excluding hydrogens is 448 g/mol. The first-order valence-electron chi connectivity index (χ1n) is 13.3. The molecule has 2 unspecified atom stereocenters. The number of rotatable bonds is 1. The molecule has 0 N–H and O–H groups in total. The molecule has 0 bridgehead atoms. The predicted molar refractivity (Wildman–Crippen MR) is 153 cm³/mol. The van der Waals surface area contributed by atoms with Crippen LogP contribution in [0, 0.1) is 5.92 Å². The van der Waals surface area contributed by atoms with Crippen molar-refractivity contribution in [2.45, 2.75) is 32.3 Å². The molecule has 0 fully saturated rings. The Morgan fingerprint density at radius 3 is 2.14 bits per heavy atom. The molecule has 0 spiro atoms. The molecular formula is C36H28O. The summed E-state index contributed by atoms with van der Waals surface area (Å²) in [6.07, 6.45) is 2.47. The summed E-state index contributed by atoms with van der Waals surface area (Å²) in [6, 6.07) is 35.7. The number of benzene rings is 5. The lowest BCUT2D eigenvalue weighted by molar-refractivity contribution is 0.162. The van der Waals surface area contributed by atoms with Crippen LogP contribution in [-0.2, 0) is 5.41 Å². The Kier molecular flexibility index (Phi) is 4.11. The van der Waals surface area contributed by atoms with Gasteiger partial charge in [0.05, 0.1) is 0 Å². The van der Waals surface area contributed by atoms with Crippen LogP contribution in [0.5, 0.6) is 5.75 Å². The van der Waals surface area contributed by atoms with Gasteiger partial charge in [-0.05, 0) is 67.4 Å². The molecule has 5 aromatic rings. The quantitative estimate of drug-likeness (QED) is 0.234. The molecule has 1 heterocycles. The summed E-state index contributed by atoms with van der Waals surface area (Å²) in [7, 11) is 0. The van der Waals surface area contributed by atoms with E-state index in [4.69, 9.17) is 4.74 Å². The minimum atomic E-state index is -0.00939. The second-order valence-corrected chi connectivity index (χ2v) is 11.3. The van der Waals surface area contributed by atoms with Crippen molar-refractivity contribution in [3.8, 4) is 28.0 Å². The summed E-state index contributed by atoms with van der Waals surface area (Å²) in [6.45, 7) is 7.02. The first-order valence-corrected chi connectivity index (χ1v) is 13.3. The van der Waals surface area contributed by atoms with E-state index in [1.54, 1.807) is 0 Å². The largest absolute Gasteiger partial charge is 0.484 e. The Hall–Kier alpha value is -4.10. The fourth-order valence-corrected chi connectivity index (χ4v) is 7.09. The van der Waals surface area contributed by atoms with Crippen molar-refractivity contribution in [3.63, 3.8) is 0 Å². The summed E-state index contributed by atoms with van der Waals surface area (Å²) >= 11 is 0. The number of ether oxygens (including phenoxy) is 1. The average Bonchev–Trinajstić information content (AvgIpc) is 3.16. The van der Waals surface area contributed by atoms with E-state index in [-0.39, 0.29) is 17.4 Å². The molecule has 0 radical (unpaired) electrons. The highest BCUT2D eigenvalue weighted by atomic mass is 16.5. The van der Waals surface area contributed by atoms with Crippen LogP contribution in [-0.4, -0.2) is 0 Å². The fourth-order valence-electron chi connectivity index (χ4n) is 7.09. The molecule has 0 amide bonds. The average molecular weight is 477 g/mol. The third-order valence-electron chi connectivity index (χ3n) is 8.88. The third-order valence-corrected chi connectivity index (χ3v) is 8.88. The molecule has 178 valence electrons. The van der Waals surface area contributed by atoms with Gasteiger partial charge in [0.25, 0.3) is 0 Å². The molecule has 1 aliphatic heterocycles. The molecule has 37 heavy (non-hydrogen) atoms. The lowest BCUT2D eigenvalue weighted by Gasteiger charge is -2.37. The third kappa shape index (κ3) is 2.75. The topological polar surface area (TPSA) is 9.23 Å². The van der Waals surface area contributed by atoms with Crippen LogP contribution < -0.4 is 4.74 Å². The SMILES string of the molecule is CC1C=C(c2cccc3c2-c2ccccc2C3(C)C)c2cccc3c2C1Oc1cc2ccccc2cc1-3. The van der Waals surface area contributed by atoms with Gasteiger partial charge in [0, 0.05) is 22.5 Å². The van der Waals surface area contributed by atoms with Crippen LogP contribution in [0.25, 0.3) is 38.6 Å². The van der Waals surface area contributed by atoms with Gasteiger partial charge in [0.2, 0.25) is 0 Å². The zero-order valence-electron chi connectivity index (χ0n) is 21.4. The zero-order chi connectivity index (χ0) is 24.9. The lowest BCUT2D eigenvalue weighted by atomic mass is 9.74. The number of hydrogen-bond acceptors (Lipinski definition) is 1. The normalized spacial score (nSPS) is 19.8. The van der Waals surface area contributed by atoms with Gasteiger partial charge in [0.15, 0.2) is 0 Å². The lowest BCUT2D eigenvalue weighted by Crippen LogP contribution is -2.24. The Balaban J connectivity index is 1.38. The molecule has 0 saturated carbocycles. The van der Waals surface area contributed by atoms with Gasteiger partial charge in [-0.15, -0.1) is 0 Å². The molecule has 1 heteroatoms. The standard InChI is InChI=1S/C36H28O/c1-21-18-28(24-15-9-17-31-33(24)27-12-6-7-16-30(27)36(31,2)3)25-13-8-14-26-29-19-22-10-4-5-11-23(22)20-32(29)37-35(21)34(25)26/h4-21,35H,1-3H3. The highest BCUT2D eigenvalue weighted by molar-refractivity contribution is 5.98. The van der Waals surface area contributed by atoms with Crippen LogP contribution in [0.1, 0.15) is 54.7 Å². The smallest absolute Gasteiger partial charge is 0.131 e. The van der Waals surface area contributed by atoms with Gasteiger partial charge in [-0.1, -0.05) is 112 Å². The number of fused-ring (bicyclic) bond motifs is 6. The van der Waals surface area contributed by atoms with Gasteiger partial charge < -0.3 is 4.74 Å². The van der Waals surface area contributed by atoms with Gasteiger partial charge >= 0.3 is 0 Å². The predicted octanol–water partition coefficient (Wildman–Crippen LogP) is 9.33. The van der Waals surface area contributed by atoms with E-state index in [9.17, 15) is 0 Å². The maximum absolute atomic E-state index is 6.78. The van der Waals surface area contributed by atoms with Crippen molar-refractivity contribution in [3.05, 3.63) is 131 Å². The zero-order valence-corrected chi connectivity index (χ0v) is 21.4. The second-order valence-electron chi connectivity index (χ2n) is 11.3. The fraction of sp³-hybridized carbons (Fsp3) is 0.167. The van der Waals surface area contributed by atoms with Crippen LogP contribution in [0.2, 0.25) is 0 Å². The Bertz CT molecular complexity index is 1800. The van der Waals surface area contributed by atoms with Crippen LogP contribution in [0.3, 0.4) is 0 Å². The van der Waals surface area contributed by atoms with Crippen molar-refractivity contribution in [1.29, 1.82) is 0 Å². The highest BCUT2D eigenvalue weighted by Gasteiger charge is 2.40. The monoisotopic (exact) mass is 476 g/mol. The molecule has 5 aromatic carbocycles. The van der Waals surface area contributed by atoms with E-state index < -0.39 is 0 Å².